The highest BCUT2D eigenvalue weighted by atomic mass is 35.5. The molecule has 0 saturated heterocycles. The van der Waals surface area contributed by atoms with Gasteiger partial charge in [0, 0.05) is 22.2 Å². The van der Waals surface area contributed by atoms with Crippen LogP contribution in [-0.2, 0) is 0 Å². The van der Waals surface area contributed by atoms with Gasteiger partial charge >= 0.3 is 0 Å². The number of rotatable bonds is 3. The smallest absolute Gasteiger partial charge is 0.274 e. The number of fused-ring (bicyclic) bond motifs is 1. The Bertz CT molecular complexity index is 1150. The van der Waals surface area contributed by atoms with Crippen molar-refractivity contribution in [2.75, 3.05) is 5.32 Å². The summed E-state index contributed by atoms with van der Waals surface area (Å²) >= 11 is 5.82. The van der Waals surface area contributed by atoms with E-state index in [1.165, 1.54) is 10.6 Å². The predicted octanol–water partition coefficient (Wildman–Crippen LogP) is 2.99. The molecule has 4 rings (SSSR count). The molecule has 0 aliphatic heterocycles. The molecule has 2 heterocycles. The lowest BCUT2D eigenvalue weighted by atomic mass is 10.1. The first kappa shape index (κ1) is 16.0. The van der Waals surface area contributed by atoms with Gasteiger partial charge in [0.1, 0.15) is 0 Å². The number of nitrogens with zero attached hydrogens (tertiary/aromatic N) is 3. The Balaban J connectivity index is 1.67. The molecule has 2 N–H and O–H groups in total. The highest BCUT2D eigenvalue weighted by Gasteiger charge is 2.12. The van der Waals surface area contributed by atoms with Crippen molar-refractivity contribution in [1.82, 2.24) is 19.6 Å². The number of halogens is 1. The van der Waals surface area contributed by atoms with E-state index in [1.54, 1.807) is 24.3 Å². The third-order valence-corrected chi connectivity index (χ3v) is 3.99. The number of nitrogens with one attached hydrogen (secondary N) is 2. The molecule has 4 aromatic rings. The highest BCUT2D eigenvalue weighted by Crippen LogP contribution is 2.16. The fourth-order valence-corrected chi connectivity index (χ4v) is 2.60. The van der Waals surface area contributed by atoms with Crippen molar-refractivity contribution in [3.8, 4) is 11.3 Å². The first-order valence-electron chi connectivity index (χ1n) is 7.72. The number of H-pyrrole nitrogens is 1. The predicted molar refractivity (Wildman–Crippen MR) is 98.4 cm³/mol. The Morgan fingerprint density at radius 3 is 2.50 bits per heavy atom. The summed E-state index contributed by atoms with van der Waals surface area (Å²) in [6.45, 7) is 0. The molecule has 7 nitrogen and oxygen atoms in total. The summed E-state index contributed by atoms with van der Waals surface area (Å²) in [6.07, 6.45) is 0. The van der Waals surface area contributed by atoms with E-state index in [4.69, 9.17) is 11.6 Å². The summed E-state index contributed by atoms with van der Waals surface area (Å²) in [5.41, 5.74) is 1.41. The van der Waals surface area contributed by atoms with E-state index in [2.05, 4.69) is 20.4 Å². The molecule has 0 saturated carbocycles. The number of aromatic amines is 1. The van der Waals surface area contributed by atoms with Gasteiger partial charge in [0.05, 0.1) is 5.69 Å². The van der Waals surface area contributed by atoms with Crippen molar-refractivity contribution in [3.63, 3.8) is 0 Å². The van der Waals surface area contributed by atoms with Crippen LogP contribution in [0.1, 0.15) is 10.4 Å². The van der Waals surface area contributed by atoms with E-state index < -0.39 is 0 Å². The Labute approximate surface area is 152 Å². The average Bonchev–Trinajstić information content (AvgIpc) is 3.06. The molecule has 128 valence electrons. The zero-order valence-electron chi connectivity index (χ0n) is 13.3. The topological polar surface area (TPSA) is 92.2 Å². The van der Waals surface area contributed by atoms with Crippen LogP contribution in [0.25, 0.3) is 17.0 Å². The van der Waals surface area contributed by atoms with Crippen LogP contribution in [0.15, 0.2) is 65.5 Å². The molecule has 0 fully saturated rings. The highest BCUT2D eigenvalue weighted by molar-refractivity contribution is 6.30. The minimum Gasteiger partial charge on any atom is -0.291 e. The van der Waals surface area contributed by atoms with Crippen LogP contribution in [0.3, 0.4) is 0 Å². The van der Waals surface area contributed by atoms with Crippen LogP contribution in [0.4, 0.5) is 5.95 Å². The zero-order valence-corrected chi connectivity index (χ0v) is 14.1. The minimum atomic E-state index is -0.378. The Morgan fingerprint density at radius 2 is 1.77 bits per heavy atom. The lowest BCUT2D eigenvalue weighted by Gasteiger charge is -2.01. The minimum absolute atomic E-state index is 0.125. The van der Waals surface area contributed by atoms with Crippen LogP contribution < -0.4 is 10.9 Å². The second kappa shape index (κ2) is 6.45. The molecule has 8 heteroatoms. The number of carbonyl (C=O) groups is 1. The van der Waals surface area contributed by atoms with Crippen LogP contribution in [0, 0.1) is 0 Å². The molecule has 0 bridgehead atoms. The molecule has 0 unspecified atom stereocenters. The van der Waals surface area contributed by atoms with E-state index >= 15 is 0 Å². The van der Waals surface area contributed by atoms with Gasteiger partial charge in [-0.3, -0.25) is 20.0 Å². The number of carbonyl (C=O) groups excluding carboxylic acids is 1. The number of hydrogen-bond donors (Lipinski definition) is 2. The SMILES string of the molecule is O=C(Nc1nc2nc(-c3ccccc3)cc(=O)n2[nH]1)c1ccc(Cl)cc1. The van der Waals surface area contributed by atoms with Gasteiger partial charge in [-0.15, -0.1) is 0 Å². The van der Waals surface area contributed by atoms with Gasteiger partial charge in [-0.05, 0) is 24.3 Å². The number of anilines is 1. The van der Waals surface area contributed by atoms with E-state index in [-0.39, 0.29) is 23.2 Å². The quantitative estimate of drug-likeness (QED) is 0.583. The van der Waals surface area contributed by atoms with Crippen molar-refractivity contribution in [3.05, 3.63) is 81.6 Å². The third-order valence-electron chi connectivity index (χ3n) is 3.74. The maximum atomic E-state index is 12.3. The monoisotopic (exact) mass is 365 g/mol. The fraction of sp³-hybridized carbons (Fsp3) is 0. The lowest BCUT2D eigenvalue weighted by molar-refractivity contribution is 0.102. The average molecular weight is 366 g/mol. The summed E-state index contributed by atoms with van der Waals surface area (Å²) < 4.78 is 1.17. The van der Waals surface area contributed by atoms with Crippen molar-refractivity contribution >= 4 is 29.2 Å². The molecule has 1 amide bonds. The van der Waals surface area contributed by atoms with E-state index in [0.29, 0.717) is 16.3 Å². The van der Waals surface area contributed by atoms with Crippen molar-refractivity contribution in [2.24, 2.45) is 0 Å². The summed E-state index contributed by atoms with van der Waals surface area (Å²) in [7, 11) is 0. The number of amides is 1. The number of benzene rings is 2. The molecule has 0 spiro atoms. The Hall–Kier alpha value is -3.45. The molecule has 0 aliphatic carbocycles. The first-order chi connectivity index (χ1) is 12.6. The van der Waals surface area contributed by atoms with E-state index in [0.717, 1.165) is 5.56 Å². The maximum Gasteiger partial charge on any atom is 0.274 e. The second-order valence-corrected chi connectivity index (χ2v) is 5.95. The third kappa shape index (κ3) is 3.07. The maximum absolute atomic E-state index is 12.3. The van der Waals surface area contributed by atoms with Crippen LogP contribution in [0.2, 0.25) is 5.02 Å². The molecule has 2 aromatic carbocycles. The molecule has 0 atom stereocenters. The van der Waals surface area contributed by atoms with Crippen LogP contribution >= 0.6 is 11.6 Å². The Morgan fingerprint density at radius 1 is 1.04 bits per heavy atom. The molecule has 0 aliphatic rings. The van der Waals surface area contributed by atoms with Gasteiger partial charge in [0.2, 0.25) is 5.95 Å². The van der Waals surface area contributed by atoms with Gasteiger partial charge in [0.15, 0.2) is 0 Å². The molecule has 0 radical (unpaired) electrons. The van der Waals surface area contributed by atoms with Gasteiger partial charge in [0.25, 0.3) is 17.2 Å². The largest absolute Gasteiger partial charge is 0.291 e. The summed E-state index contributed by atoms with van der Waals surface area (Å²) in [5.74, 6) is -0.0837. The van der Waals surface area contributed by atoms with Crippen molar-refractivity contribution in [2.45, 2.75) is 0 Å². The van der Waals surface area contributed by atoms with Crippen LogP contribution in [-0.4, -0.2) is 25.5 Å². The molecule has 26 heavy (non-hydrogen) atoms. The number of hydrogen-bond acceptors (Lipinski definition) is 4. The molecule has 2 aromatic heterocycles. The van der Waals surface area contributed by atoms with Gasteiger partial charge < -0.3 is 0 Å². The molecular formula is C18H12ClN5O2. The lowest BCUT2D eigenvalue weighted by Crippen LogP contribution is -2.15. The summed E-state index contributed by atoms with van der Waals surface area (Å²) in [5, 5.41) is 5.87. The standard InChI is InChI=1S/C18H12ClN5O2/c19-13-8-6-12(7-9-13)16(26)21-17-22-18-20-14(10-15(25)24(18)23-17)11-4-2-1-3-5-11/h1-10H,(H2,20,21,22,23,26). The van der Waals surface area contributed by atoms with E-state index in [1.807, 2.05) is 30.3 Å². The number of aromatic nitrogens is 4. The van der Waals surface area contributed by atoms with Crippen molar-refractivity contribution < 1.29 is 4.79 Å². The fourth-order valence-electron chi connectivity index (χ4n) is 2.47. The van der Waals surface area contributed by atoms with E-state index in [9.17, 15) is 9.59 Å². The Kier molecular flexibility index (Phi) is 3.98. The zero-order chi connectivity index (χ0) is 18.1. The van der Waals surface area contributed by atoms with Gasteiger partial charge in [-0.2, -0.15) is 9.50 Å². The van der Waals surface area contributed by atoms with Crippen molar-refractivity contribution in [1.29, 1.82) is 0 Å². The molecular weight excluding hydrogens is 354 g/mol. The summed E-state index contributed by atoms with van der Waals surface area (Å²) in [6, 6.07) is 17.2. The first-order valence-corrected chi connectivity index (χ1v) is 8.10. The normalized spacial score (nSPS) is 10.8. The summed E-state index contributed by atoms with van der Waals surface area (Å²) in [4.78, 5) is 33.1. The van der Waals surface area contributed by atoms with Gasteiger partial charge in [-0.25, -0.2) is 4.98 Å². The second-order valence-electron chi connectivity index (χ2n) is 5.51. The van der Waals surface area contributed by atoms with Gasteiger partial charge in [-0.1, -0.05) is 41.9 Å². The van der Waals surface area contributed by atoms with Crippen LogP contribution in [0.5, 0.6) is 0 Å².